The van der Waals surface area contributed by atoms with Crippen LogP contribution in [0.4, 0.5) is 0 Å². The van der Waals surface area contributed by atoms with Crippen LogP contribution < -0.4 is 5.32 Å². The highest BCUT2D eigenvalue weighted by Gasteiger charge is 2.04. The molecular weight excluding hydrogens is 182 g/mol. The highest BCUT2D eigenvalue weighted by molar-refractivity contribution is 7.85. The maximum absolute atomic E-state index is 10.4. The molecule has 6 heteroatoms. The number of carbonyl (C=O) groups is 1. The molecule has 1 amide bonds. The van der Waals surface area contributed by atoms with Crippen LogP contribution in [-0.4, -0.2) is 24.8 Å². The van der Waals surface area contributed by atoms with Gasteiger partial charge in [-0.25, -0.2) is 0 Å². The summed E-state index contributed by atoms with van der Waals surface area (Å²) in [5.74, 6) is -1.11. The first kappa shape index (κ1) is 13.9. The topological polar surface area (TPSA) is 83.5 Å². The molecule has 0 heterocycles. The second-order valence-electron chi connectivity index (χ2n) is 1.68. The molecule has 0 bridgehead atoms. The normalized spacial score (nSPS) is 9.67. The third kappa shape index (κ3) is 12.1. The Morgan fingerprint density at radius 2 is 1.83 bits per heavy atom. The summed E-state index contributed by atoms with van der Waals surface area (Å²) in [5.41, 5.74) is 0. The van der Waals surface area contributed by atoms with Gasteiger partial charge in [-0.3, -0.25) is 9.35 Å². The van der Waals surface area contributed by atoms with E-state index in [1.54, 1.807) is 6.92 Å². The zero-order valence-electron chi connectivity index (χ0n) is 7.49. The molecule has 5 nitrogen and oxygen atoms in total. The smallest absolute Gasteiger partial charge is 0.283 e. The summed E-state index contributed by atoms with van der Waals surface area (Å²) in [6.07, 6.45) is 0.204. The number of rotatable bonds is 3. The van der Waals surface area contributed by atoms with Gasteiger partial charge in [0.15, 0.2) is 0 Å². The van der Waals surface area contributed by atoms with Gasteiger partial charge in [0.05, 0.1) is 0 Å². The molecule has 0 aromatic rings. The molecule has 0 aliphatic heterocycles. The SMILES string of the molecule is CC.CCC(=O)NCS(=O)(=O)O. The first-order valence-corrected chi connectivity index (χ1v) is 5.28. The Balaban J connectivity index is 0. The van der Waals surface area contributed by atoms with Crippen molar-refractivity contribution in [1.29, 1.82) is 0 Å². The Bertz CT molecular complexity index is 210. The van der Waals surface area contributed by atoms with E-state index in [1.807, 2.05) is 19.2 Å². The summed E-state index contributed by atoms with van der Waals surface area (Å²) in [5, 5.41) is 2.00. The van der Waals surface area contributed by atoms with Gasteiger partial charge in [-0.15, -0.1) is 0 Å². The number of carbonyl (C=O) groups excluding carboxylic acids is 1. The van der Waals surface area contributed by atoms with Crippen molar-refractivity contribution in [2.24, 2.45) is 0 Å². The minimum atomic E-state index is -4.06. The third-order valence-corrected chi connectivity index (χ3v) is 1.28. The van der Waals surface area contributed by atoms with Gasteiger partial charge in [0.1, 0.15) is 5.88 Å². The van der Waals surface area contributed by atoms with Crippen molar-refractivity contribution in [1.82, 2.24) is 5.32 Å². The van der Waals surface area contributed by atoms with Crippen LogP contribution in [0.1, 0.15) is 27.2 Å². The molecule has 74 valence electrons. The van der Waals surface area contributed by atoms with Crippen molar-refractivity contribution in [3.05, 3.63) is 0 Å². The van der Waals surface area contributed by atoms with Crippen molar-refractivity contribution in [3.63, 3.8) is 0 Å². The number of nitrogens with one attached hydrogen (secondary N) is 1. The summed E-state index contributed by atoms with van der Waals surface area (Å²) >= 11 is 0. The first-order valence-electron chi connectivity index (χ1n) is 3.67. The van der Waals surface area contributed by atoms with Gasteiger partial charge in [-0.1, -0.05) is 20.8 Å². The van der Waals surface area contributed by atoms with Crippen molar-refractivity contribution < 1.29 is 17.8 Å². The van der Waals surface area contributed by atoms with Crippen LogP contribution in [0.15, 0.2) is 0 Å². The van der Waals surface area contributed by atoms with Crippen LogP contribution >= 0.6 is 0 Å². The van der Waals surface area contributed by atoms with Gasteiger partial charge in [-0.05, 0) is 0 Å². The van der Waals surface area contributed by atoms with Crippen LogP contribution in [0.25, 0.3) is 0 Å². The predicted octanol–water partition coefficient (Wildman–Crippen LogP) is 0.384. The fourth-order valence-electron chi connectivity index (χ4n) is 0.297. The zero-order chi connectivity index (χ0) is 10.2. The van der Waals surface area contributed by atoms with E-state index >= 15 is 0 Å². The molecule has 0 aromatic carbocycles. The summed E-state index contributed by atoms with van der Waals surface area (Å²) in [7, 11) is -4.06. The van der Waals surface area contributed by atoms with Gasteiger partial charge in [0.25, 0.3) is 10.1 Å². The lowest BCUT2D eigenvalue weighted by atomic mass is 10.5. The van der Waals surface area contributed by atoms with Crippen LogP contribution in [-0.2, 0) is 14.9 Å². The van der Waals surface area contributed by atoms with E-state index in [-0.39, 0.29) is 6.42 Å². The first-order chi connectivity index (χ1) is 5.45. The second kappa shape index (κ2) is 7.05. The maximum Gasteiger partial charge on any atom is 0.283 e. The van der Waals surface area contributed by atoms with Gasteiger partial charge in [-0.2, -0.15) is 8.42 Å². The summed E-state index contributed by atoms with van der Waals surface area (Å²) in [6.45, 7) is 5.58. The second-order valence-corrected chi connectivity index (χ2v) is 3.13. The maximum atomic E-state index is 10.4. The Labute approximate surface area is 72.9 Å². The van der Waals surface area contributed by atoms with Gasteiger partial charge in [0.2, 0.25) is 5.91 Å². The van der Waals surface area contributed by atoms with Gasteiger partial charge < -0.3 is 5.32 Å². The molecule has 0 aliphatic carbocycles. The van der Waals surface area contributed by atoms with Crippen molar-refractivity contribution in [3.8, 4) is 0 Å². The lowest BCUT2D eigenvalue weighted by Gasteiger charge is -1.98. The zero-order valence-corrected chi connectivity index (χ0v) is 8.31. The van der Waals surface area contributed by atoms with E-state index in [4.69, 9.17) is 4.55 Å². The van der Waals surface area contributed by atoms with E-state index in [0.29, 0.717) is 0 Å². The van der Waals surface area contributed by atoms with Crippen LogP contribution in [0.3, 0.4) is 0 Å². The average molecular weight is 197 g/mol. The lowest BCUT2D eigenvalue weighted by molar-refractivity contribution is -0.120. The molecule has 0 fully saturated rings. The van der Waals surface area contributed by atoms with Crippen LogP contribution in [0.5, 0.6) is 0 Å². The minimum absolute atomic E-state index is 0.204. The Morgan fingerprint density at radius 1 is 1.42 bits per heavy atom. The Hall–Kier alpha value is -0.620. The largest absolute Gasteiger partial charge is 0.340 e. The van der Waals surface area contributed by atoms with Crippen molar-refractivity contribution in [2.75, 3.05) is 5.88 Å². The van der Waals surface area contributed by atoms with Crippen molar-refractivity contribution >= 4 is 16.0 Å². The molecule has 0 spiro atoms. The molecule has 0 unspecified atom stereocenters. The van der Waals surface area contributed by atoms with Gasteiger partial charge in [0, 0.05) is 6.42 Å². The molecule has 0 radical (unpaired) electrons. The Morgan fingerprint density at radius 3 is 2.08 bits per heavy atom. The van der Waals surface area contributed by atoms with E-state index < -0.39 is 21.9 Å². The summed E-state index contributed by atoms with van der Waals surface area (Å²) in [6, 6.07) is 0. The quantitative estimate of drug-likeness (QED) is 0.641. The molecule has 0 aromatic heterocycles. The van der Waals surface area contributed by atoms with E-state index in [0.717, 1.165) is 0 Å². The van der Waals surface area contributed by atoms with Gasteiger partial charge >= 0.3 is 0 Å². The number of hydrogen-bond donors (Lipinski definition) is 2. The highest BCUT2D eigenvalue weighted by Crippen LogP contribution is 1.79. The number of hydrogen-bond acceptors (Lipinski definition) is 3. The molecule has 0 rings (SSSR count). The fraction of sp³-hybridized carbons (Fsp3) is 0.833. The average Bonchev–Trinajstić information content (AvgIpc) is 2.03. The number of amides is 1. The molecule has 0 atom stereocenters. The third-order valence-electron chi connectivity index (χ3n) is 0.773. The van der Waals surface area contributed by atoms with Crippen LogP contribution in [0.2, 0.25) is 0 Å². The van der Waals surface area contributed by atoms with Crippen LogP contribution in [0, 0.1) is 0 Å². The minimum Gasteiger partial charge on any atom is -0.340 e. The summed E-state index contributed by atoms with van der Waals surface area (Å²) in [4.78, 5) is 10.4. The van der Waals surface area contributed by atoms with E-state index in [2.05, 4.69) is 0 Å². The highest BCUT2D eigenvalue weighted by atomic mass is 32.2. The standard InChI is InChI=1S/C4H9NO4S.C2H6/c1-2-4(6)5-3-10(7,8)9;1-2/h2-3H2,1H3,(H,5,6)(H,7,8,9);1-2H3. The molecule has 0 aliphatic rings. The Kier molecular flexibility index (Phi) is 8.19. The molecule has 12 heavy (non-hydrogen) atoms. The van der Waals surface area contributed by atoms with Crippen molar-refractivity contribution in [2.45, 2.75) is 27.2 Å². The lowest BCUT2D eigenvalue weighted by Crippen LogP contribution is -2.28. The predicted molar refractivity (Wildman–Crippen MR) is 46.2 cm³/mol. The van der Waals surface area contributed by atoms with E-state index in [9.17, 15) is 13.2 Å². The fourth-order valence-corrected chi connectivity index (χ4v) is 0.640. The molecular formula is C6H15NO4S. The molecule has 0 saturated heterocycles. The summed E-state index contributed by atoms with van der Waals surface area (Å²) < 4.78 is 28.1. The monoisotopic (exact) mass is 197 g/mol. The van der Waals surface area contributed by atoms with E-state index in [1.165, 1.54) is 0 Å². The molecule has 0 saturated carbocycles. The molecule has 2 N–H and O–H groups in total.